The predicted octanol–water partition coefficient (Wildman–Crippen LogP) is 3.59. The number of carbonyl (C=O) groups is 1. The first-order chi connectivity index (χ1) is 10.2. The number of anilines is 1. The zero-order chi connectivity index (χ0) is 14.8. The van der Waals surface area contributed by atoms with Crippen molar-refractivity contribution in [3.05, 3.63) is 23.1 Å². The van der Waals surface area contributed by atoms with Crippen LogP contribution in [0.1, 0.15) is 24.6 Å². The number of nitrogens with one attached hydrogen (secondary N) is 1. The highest BCUT2D eigenvalue weighted by atomic mass is 32.1. The number of nitrogens with zero attached hydrogens (tertiary/aromatic N) is 1. The van der Waals surface area contributed by atoms with Gasteiger partial charge in [-0.15, -0.1) is 11.3 Å². The van der Waals surface area contributed by atoms with E-state index in [1.807, 2.05) is 32.0 Å². The molecule has 110 valence electrons. The monoisotopic (exact) mass is 304 g/mol. The van der Waals surface area contributed by atoms with Gasteiger partial charge < -0.3 is 14.8 Å². The molecule has 1 N–H and O–H groups in total. The molecule has 2 heterocycles. The van der Waals surface area contributed by atoms with E-state index in [9.17, 15) is 4.79 Å². The minimum absolute atomic E-state index is 0.00323. The molecule has 0 saturated heterocycles. The summed E-state index contributed by atoms with van der Waals surface area (Å²) in [5.41, 5.74) is 1.83. The van der Waals surface area contributed by atoms with Gasteiger partial charge in [0.05, 0.1) is 5.69 Å². The van der Waals surface area contributed by atoms with Gasteiger partial charge in [0, 0.05) is 16.9 Å². The van der Waals surface area contributed by atoms with Crippen LogP contribution in [-0.2, 0) is 4.79 Å². The summed E-state index contributed by atoms with van der Waals surface area (Å²) in [6, 6.07) is 5.75. The average Bonchev–Trinajstić information content (AvgIpc) is 3.04. The molecule has 1 amide bonds. The minimum Gasteiger partial charge on any atom is -0.454 e. The van der Waals surface area contributed by atoms with E-state index in [1.54, 1.807) is 0 Å². The molecule has 0 aliphatic carbocycles. The maximum Gasteiger partial charge on any atom is 0.231 e. The minimum atomic E-state index is 0.00323. The summed E-state index contributed by atoms with van der Waals surface area (Å²) in [4.78, 5) is 17.2. The van der Waals surface area contributed by atoms with Crippen LogP contribution in [0.25, 0.3) is 11.3 Å². The fourth-order valence-electron chi connectivity index (χ4n) is 2.17. The predicted molar refractivity (Wildman–Crippen MR) is 81.9 cm³/mol. The molecule has 2 aromatic rings. The number of fused-ring (bicyclic) bond motifs is 1. The van der Waals surface area contributed by atoms with Crippen LogP contribution in [-0.4, -0.2) is 17.7 Å². The molecule has 0 atom stereocenters. The zero-order valence-electron chi connectivity index (χ0n) is 11.9. The molecule has 21 heavy (non-hydrogen) atoms. The molecule has 6 heteroatoms. The lowest BCUT2D eigenvalue weighted by Gasteiger charge is -2.01. The van der Waals surface area contributed by atoms with E-state index in [2.05, 4.69) is 10.3 Å². The standard InChI is InChI=1S/C15H16N2O3S/c1-3-4-13(18)16-15-17-14(9(2)21-15)10-5-6-11-12(7-10)20-8-19-11/h5-7H,3-4,8H2,1-2H3,(H,16,17,18). The molecule has 5 nitrogen and oxygen atoms in total. The molecule has 0 saturated carbocycles. The van der Waals surface area contributed by atoms with Gasteiger partial charge in [0.15, 0.2) is 16.6 Å². The highest BCUT2D eigenvalue weighted by Crippen LogP contribution is 2.38. The van der Waals surface area contributed by atoms with Crippen molar-refractivity contribution in [2.24, 2.45) is 0 Å². The third-order valence-corrected chi connectivity index (χ3v) is 4.05. The van der Waals surface area contributed by atoms with Crippen LogP contribution in [0, 0.1) is 6.92 Å². The van der Waals surface area contributed by atoms with E-state index in [0.717, 1.165) is 34.1 Å². The topological polar surface area (TPSA) is 60.5 Å². The number of carbonyl (C=O) groups excluding carboxylic acids is 1. The van der Waals surface area contributed by atoms with Crippen molar-refractivity contribution < 1.29 is 14.3 Å². The first kappa shape index (κ1) is 13.9. The third-order valence-electron chi connectivity index (χ3n) is 3.17. The van der Waals surface area contributed by atoms with Crippen molar-refractivity contribution in [3.63, 3.8) is 0 Å². The van der Waals surface area contributed by atoms with Crippen LogP contribution in [0.5, 0.6) is 11.5 Å². The van der Waals surface area contributed by atoms with E-state index in [0.29, 0.717) is 11.6 Å². The largest absolute Gasteiger partial charge is 0.454 e. The van der Waals surface area contributed by atoms with Crippen LogP contribution in [0.4, 0.5) is 5.13 Å². The normalized spacial score (nSPS) is 12.5. The number of amides is 1. The number of aryl methyl sites for hydroxylation is 1. The molecule has 0 bridgehead atoms. The summed E-state index contributed by atoms with van der Waals surface area (Å²) < 4.78 is 10.7. The Kier molecular flexibility index (Phi) is 3.79. The number of ether oxygens (including phenoxy) is 2. The van der Waals surface area contributed by atoms with Gasteiger partial charge in [-0.1, -0.05) is 6.92 Å². The second-order valence-electron chi connectivity index (χ2n) is 4.79. The van der Waals surface area contributed by atoms with Crippen molar-refractivity contribution in [3.8, 4) is 22.8 Å². The first-order valence-corrected chi connectivity index (χ1v) is 7.66. The molecule has 1 aliphatic heterocycles. The van der Waals surface area contributed by atoms with Gasteiger partial charge in [-0.2, -0.15) is 0 Å². The molecule has 1 aliphatic rings. The first-order valence-electron chi connectivity index (χ1n) is 6.84. The second-order valence-corrected chi connectivity index (χ2v) is 5.99. The summed E-state index contributed by atoms with van der Waals surface area (Å²) in [5.74, 6) is 1.49. The summed E-state index contributed by atoms with van der Waals surface area (Å²) in [7, 11) is 0. The van der Waals surface area contributed by atoms with Crippen LogP contribution in [0.15, 0.2) is 18.2 Å². The van der Waals surface area contributed by atoms with Gasteiger partial charge in [-0.3, -0.25) is 4.79 Å². The van der Waals surface area contributed by atoms with Crippen LogP contribution in [0.2, 0.25) is 0 Å². The number of hydrogen-bond acceptors (Lipinski definition) is 5. The van der Waals surface area contributed by atoms with Crippen molar-refractivity contribution in [1.29, 1.82) is 0 Å². The fraction of sp³-hybridized carbons (Fsp3) is 0.333. The summed E-state index contributed by atoms with van der Waals surface area (Å²) in [6.45, 7) is 4.23. The Morgan fingerprint density at radius 1 is 1.38 bits per heavy atom. The van der Waals surface area contributed by atoms with E-state index in [4.69, 9.17) is 9.47 Å². The van der Waals surface area contributed by atoms with Gasteiger partial charge >= 0.3 is 0 Å². The van der Waals surface area contributed by atoms with Gasteiger partial charge in [0.25, 0.3) is 0 Å². The lowest BCUT2D eigenvalue weighted by Crippen LogP contribution is -2.10. The number of rotatable bonds is 4. The highest BCUT2D eigenvalue weighted by molar-refractivity contribution is 7.16. The Labute approximate surface area is 126 Å². The summed E-state index contributed by atoms with van der Waals surface area (Å²) in [6.07, 6.45) is 1.34. The van der Waals surface area contributed by atoms with Gasteiger partial charge in [-0.25, -0.2) is 4.98 Å². The molecule has 0 unspecified atom stereocenters. The molecule has 0 radical (unpaired) electrons. The molecule has 1 aromatic carbocycles. The average molecular weight is 304 g/mol. The third kappa shape index (κ3) is 2.85. The number of hydrogen-bond donors (Lipinski definition) is 1. The van der Waals surface area contributed by atoms with E-state index in [1.165, 1.54) is 11.3 Å². The van der Waals surface area contributed by atoms with Crippen LogP contribution < -0.4 is 14.8 Å². The van der Waals surface area contributed by atoms with Crippen molar-refractivity contribution >= 4 is 22.4 Å². The molecule has 0 fully saturated rings. The highest BCUT2D eigenvalue weighted by Gasteiger charge is 2.17. The summed E-state index contributed by atoms with van der Waals surface area (Å²) >= 11 is 1.48. The Bertz CT molecular complexity index is 682. The Morgan fingerprint density at radius 3 is 3.00 bits per heavy atom. The second kappa shape index (κ2) is 5.73. The zero-order valence-corrected chi connectivity index (χ0v) is 12.8. The fourth-order valence-corrected chi connectivity index (χ4v) is 3.02. The quantitative estimate of drug-likeness (QED) is 0.937. The van der Waals surface area contributed by atoms with E-state index < -0.39 is 0 Å². The van der Waals surface area contributed by atoms with Gasteiger partial charge in [-0.05, 0) is 31.5 Å². The van der Waals surface area contributed by atoms with E-state index in [-0.39, 0.29) is 12.7 Å². The van der Waals surface area contributed by atoms with Crippen molar-refractivity contribution in [2.45, 2.75) is 26.7 Å². The Balaban J connectivity index is 1.85. The Hall–Kier alpha value is -2.08. The molecular formula is C15H16N2O3S. The molecule has 3 rings (SSSR count). The maximum atomic E-state index is 11.6. The number of thiazole rings is 1. The summed E-state index contributed by atoms with van der Waals surface area (Å²) in [5, 5.41) is 3.48. The lowest BCUT2D eigenvalue weighted by molar-refractivity contribution is -0.116. The van der Waals surface area contributed by atoms with Crippen molar-refractivity contribution in [1.82, 2.24) is 4.98 Å². The number of benzene rings is 1. The van der Waals surface area contributed by atoms with E-state index >= 15 is 0 Å². The maximum absolute atomic E-state index is 11.6. The molecule has 1 aromatic heterocycles. The van der Waals surface area contributed by atoms with Crippen LogP contribution >= 0.6 is 11.3 Å². The lowest BCUT2D eigenvalue weighted by atomic mass is 10.1. The number of aromatic nitrogens is 1. The van der Waals surface area contributed by atoms with Gasteiger partial charge in [0.1, 0.15) is 0 Å². The smallest absolute Gasteiger partial charge is 0.231 e. The van der Waals surface area contributed by atoms with Crippen molar-refractivity contribution in [2.75, 3.05) is 12.1 Å². The molecular weight excluding hydrogens is 288 g/mol. The van der Waals surface area contributed by atoms with Crippen LogP contribution in [0.3, 0.4) is 0 Å². The molecule has 0 spiro atoms. The SMILES string of the molecule is CCCC(=O)Nc1nc(-c2ccc3c(c2)OCO3)c(C)s1. The van der Waals surface area contributed by atoms with Gasteiger partial charge in [0.2, 0.25) is 12.7 Å². The Morgan fingerprint density at radius 2 is 2.19 bits per heavy atom.